The lowest BCUT2D eigenvalue weighted by Gasteiger charge is -2.13. The van der Waals surface area contributed by atoms with Gasteiger partial charge >= 0.3 is 0 Å². The molecular formula is C13H15NO3. The monoisotopic (exact) mass is 233 g/mol. The molecule has 1 rings (SSSR count). The Kier molecular flexibility index (Phi) is 4.57. The summed E-state index contributed by atoms with van der Waals surface area (Å²) in [6.45, 7) is 5.20. The summed E-state index contributed by atoms with van der Waals surface area (Å²) in [5, 5.41) is 10.5. The number of carbonyl (C=O) groups is 1. The van der Waals surface area contributed by atoms with E-state index < -0.39 is 4.92 Å². The average Bonchev–Trinajstić information content (AvgIpc) is 2.28. The van der Waals surface area contributed by atoms with Crippen molar-refractivity contribution in [3.63, 3.8) is 0 Å². The Labute approximate surface area is 100 Å². The molecule has 0 radical (unpaired) electrons. The summed E-state index contributed by atoms with van der Waals surface area (Å²) in [6, 6.07) is 6.33. The van der Waals surface area contributed by atoms with Crippen molar-refractivity contribution in [3.05, 3.63) is 52.6 Å². The zero-order chi connectivity index (χ0) is 12.8. The van der Waals surface area contributed by atoms with Crippen molar-refractivity contribution >= 4 is 11.5 Å². The Bertz CT molecular complexity index is 423. The number of rotatable bonds is 6. The molecule has 1 aromatic carbocycles. The van der Waals surface area contributed by atoms with Gasteiger partial charge in [0.15, 0.2) is 0 Å². The SMILES string of the molecule is C=CCC(CC(C)=O)c1ccc([N+](=O)[O-])cc1. The maximum absolute atomic E-state index is 11.1. The molecule has 0 N–H and O–H groups in total. The van der Waals surface area contributed by atoms with Gasteiger partial charge in [0, 0.05) is 18.6 Å². The minimum Gasteiger partial charge on any atom is -0.300 e. The minimum atomic E-state index is -0.433. The van der Waals surface area contributed by atoms with E-state index in [2.05, 4.69) is 6.58 Å². The Morgan fingerprint density at radius 2 is 2.06 bits per heavy atom. The van der Waals surface area contributed by atoms with Crippen LogP contribution >= 0.6 is 0 Å². The summed E-state index contributed by atoms with van der Waals surface area (Å²) in [4.78, 5) is 21.2. The summed E-state index contributed by atoms with van der Waals surface area (Å²) in [5.41, 5.74) is 1.000. The summed E-state index contributed by atoms with van der Waals surface area (Å²) in [7, 11) is 0. The first-order valence-electron chi connectivity index (χ1n) is 5.39. The number of ketones is 1. The van der Waals surface area contributed by atoms with E-state index in [1.54, 1.807) is 25.1 Å². The van der Waals surface area contributed by atoms with Gasteiger partial charge < -0.3 is 4.79 Å². The lowest BCUT2D eigenvalue weighted by atomic mass is 9.91. The zero-order valence-corrected chi connectivity index (χ0v) is 9.76. The quantitative estimate of drug-likeness (QED) is 0.430. The van der Waals surface area contributed by atoms with Gasteiger partial charge in [-0.1, -0.05) is 18.2 Å². The molecule has 4 nitrogen and oxygen atoms in total. The molecule has 0 saturated carbocycles. The molecule has 0 aliphatic rings. The largest absolute Gasteiger partial charge is 0.300 e. The van der Waals surface area contributed by atoms with Gasteiger partial charge in [-0.3, -0.25) is 10.1 Å². The van der Waals surface area contributed by atoms with E-state index in [1.165, 1.54) is 12.1 Å². The van der Waals surface area contributed by atoms with Crippen LogP contribution < -0.4 is 0 Å². The Hall–Kier alpha value is -1.97. The Balaban J connectivity index is 2.90. The predicted molar refractivity (Wildman–Crippen MR) is 65.9 cm³/mol. The number of nitro groups is 1. The zero-order valence-electron chi connectivity index (χ0n) is 9.76. The van der Waals surface area contributed by atoms with E-state index in [0.717, 1.165) is 5.56 Å². The van der Waals surface area contributed by atoms with Gasteiger partial charge in [-0.05, 0) is 24.8 Å². The van der Waals surface area contributed by atoms with E-state index >= 15 is 0 Å². The Morgan fingerprint density at radius 1 is 1.47 bits per heavy atom. The van der Waals surface area contributed by atoms with Crippen molar-refractivity contribution < 1.29 is 9.72 Å². The van der Waals surface area contributed by atoms with Crippen LogP contribution in [-0.4, -0.2) is 10.7 Å². The molecule has 1 atom stereocenters. The smallest absolute Gasteiger partial charge is 0.269 e. The van der Waals surface area contributed by atoms with E-state index in [9.17, 15) is 14.9 Å². The highest BCUT2D eigenvalue weighted by Crippen LogP contribution is 2.25. The van der Waals surface area contributed by atoms with Crippen LogP contribution in [0, 0.1) is 10.1 Å². The normalized spacial score (nSPS) is 11.8. The summed E-state index contributed by atoms with van der Waals surface area (Å²) < 4.78 is 0. The highest BCUT2D eigenvalue weighted by Gasteiger charge is 2.14. The fourth-order valence-electron chi connectivity index (χ4n) is 1.75. The maximum atomic E-state index is 11.1. The van der Waals surface area contributed by atoms with Gasteiger partial charge in [0.05, 0.1) is 4.92 Å². The predicted octanol–water partition coefficient (Wildman–Crippen LogP) is 3.23. The van der Waals surface area contributed by atoms with Crippen LogP contribution in [-0.2, 0) is 4.79 Å². The van der Waals surface area contributed by atoms with E-state index in [0.29, 0.717) is 12.8 Å². The Morgan fingerprint density at radius 3 is 2.47 bits per heavy atom. The minimum absolute atomic E-state index is 0.0609. The van der Waals surface area contributed by atoms with Gasteiger partial charge in [0.2, 0.25) is 0 Å². The second-order valence-electron chi connectivity index (χ2n) is 3.98. The van der Waals surface area contributed by atoms with Crippen molar-refractivity contribution in [1.82, 2.24) is 0 Å². The molecule has 0 saturated heterocycles. The standard InChI is InChI=1S/C13H15NO3/c1-3-4-12(9-10(2)15)11-5-7-13(8-6-11)14(16)17/h3,5-8,12H,1,4,9H2,2H3. The first-order valence-corrected chi connectivity index (χ1v) is 5.39. The molecule has 0 heterocycles. The van der Waals surface area contributed by atoms with Crippen LogP contribution in [0.2, 0.25) is 0 Å². The second kappa shape index (κ2) is 5.94. The lowest BCUT2D eigenvalue weighted by molar-refractivity contribution is -0.384. The van der Waals surface area contributed by atoms with Crippen molar-refractivity contribution in [1.29, 1.82) is 0 Å². The van der Waals surface area contributed by atoms with Gasteiger partial charge in [-0.25, -0.2) is 0 Å². The number of carbonyl (C=O) groups excluding carboxylic acids is 1. The molecule has 0 aliphatic heterocycles. The van der Waals surface area contributed by atoms with Crippen LogP contribution in [0.5, 0.6) is 0 Å². The lowest BCUT2D eigenvalue weighted by Crippen LogP contribution is -2.03. The molecule has 4 heteroatoms. The number of nitrogens with zero attached hydrogens (tertiary/aromatic N) is 1. The van der Waals surface area contributed by atoms with Crippen molar-refractivity contribution in [2.75, 3.05) is 0 Å². The third-order valence-electron chi connectivity index (χ3n) is 2.56. The number of nitro benzene ring substituents is 1. The van der Waals surface area contributed by atoms with Gasteiger partial charge in [-0.15, -0.1) is 6.58 Å². The van der Waals surface area contributed by atoms with E-state index in [1.807, 2.05) is 0 Å². The van der Waals surface area contributed by atoms with Gasteiger partial charge in [0.1, 0.15) is 5.78 Å². The third-order valence-corrected chi connectivity index (χ3v) is 2.56. The maximum Gasteiger partial charge on any atom is 0.269 e. The molecule has 1 unspecified atom stereocenters. The molecule has 17 heavy (non-hydrogen) atoms. The molecule has 0 aromatic heterocycles. The molecule has 0 amide bonds. The topological polar surface area (TPSA) is 60.2 Å². The van der Waals surface area contributed by atoms with Crippen LogP contribution in [0.3, 0.4) is 0 Å². The number of non-ortho nitro benzene ring substituents is 1. The van der Waals surface area contributed by atoms with Crippen molar-refractivity contribution in [3.8, 4) is 0 Å². The molecule has 0 spiro atoms. The van der Waals surface area contributed by atoms with E-state index in [-0.39, 0.29) is 17.4 Å². The molecule has 0 fully saturated rings. The highest BCUT2D eigenvalue weighted by molar-refractivity contribution is 5.76. The van der Waals surface area contributed by atoms with Crippen molar-refractivity contribution in [2.24, 2.45) is 0 Å². The summed E-state index contributed by atoms with van der Waals surface area (Å²) >= 11 is 0. The van der Waals surface area contributed by atoms with Crippen molar-refractivity contribution in [2.45, 2.75) is 25.7 Å². The number of allylic oxidation sites excluding steroid dienone is 1. The first kappa shape index (κ1) is 13.1. The van der Waals surface area contributed by atoms with Crippen LogP contribution in [0.4, 0.5) is 5.69 Å². The molecular weight excluding hydrogens is 218 g/mol. The van der Waals surface area contributed by atoms with Crippen LogP contribution in [0.25, 0.3) is 0 Å². The third kappa shape index (κ3) is 3.83. The fourth-order valence-corrected chi connectivity index (χ4v) is 1.75. The molecule has 0 aliphatic carbocycles. The highest BCUT2D eigenvalue weighted by atomic mass is 16.6. The van der Waals surface area contributed by atoms with E-state index in [4.69, 9.17) is 0 Å². The fraction of sp³-hybridized carbons (Fsp3) is 0.308. The van der Waals surface area contributed by atoms with Crippen LogP contribution in [0.1, 0.15) is 31.2 Å². The number of benzene rings is 1. The summed E-state index contributed by atoms with van der Waals surface area (Å²) in [5.74, 6) is 0.168. The molecule has 1 aromatic rings. The number of hydrogen-bond acceptors (Lipinski definition) is 3. The summed E-state index contributed by atoms with van der Waals surface area (Å²) in [6.07, 6.45) is 2.89. The number of hydrogen-bond donors (Lipinski definition) is 0. The van der Waals surface area contributed by atoms with Gasteiger partial charge in [0.25, 0.3) is 5.69 Å². The van der Waals surface area contributed by atoms with Crippen LogP contribution in [0.15, 0.2) is 36.9 Å². The van der Waals surface area contributed by atoms with Gasteiger partial charge in [-0.2, -0.15) is 0 Å². The molecule has 90 valence electrons. The number of Topliss-reactive ketones (excluding diaryl/α,β-unsaturated/α-hetero) is 1. The molecule has 0 bridgehead atoms. The first-order chi connectivity index (χ1) is 8.04. The average molecular weight is 233 g/mol. The second-order valence-corrected chi connectivity index (χ2v) is 3.98.